The lowest BCUT2D eigenvalue weighted by Crippen LogP contribution is -2.47. The molecule has 5 nitrogen and oxygen atoms in total. The van der Waals surface area contributed by atoms with Crippen molar-refractivity contribution >= 4 is 11.9 Å². The van der Waals surface area contributed by atoms with Crippen LogP contribution in [0.5, 0.6) is 0 Å². The lowest BCUT2D eigenvalue weighted by Gasteiger charge is -2.29. The molecule has 0 bridgehead atoms. The molecule has 2 unspecified atom stereocenters. The van der Waals surface area contributed by atoms with Crippen LogP contribution in [0.3, 0.4) is 0 Å². The zero-order valence-corrected chi connectivity index (χ0v) is 10.7. The van der Waals surface area contributed by atoms with Crippen LogP contribution in [-0.2, 0) is 9.59 Å². The van der Waals surface area contributed by atoms with Gasteiger partial charge >= 0.3 is 5.97 Å². The first-order valence-electron chi connectivity index (χ1n) is 6.89. The Bertz CT molecular complexity index is 315. The molecular weight excluding hydrogens is 232 g/mol. The van der Waals surface area contributed by atoms with Crippen molar-refractivity contribution < 1.29 is 14.7 Å². The number of carbonyl (C=O) groups is 2. The maximum atomic E-state index is 11.7. The molecule has 2 atom stereocenters. The van der Waals surface area contributed by atoms with Crippen LogP contribution in [0.4, 0.5) is 0 Å². The summed E-state index contributed by atoms with van der Waals surface area (Å²) >= 11 is 0. The first-order valence-corrected chi connectivity index (χ1v) is 6.89. The van der Waals surface area contributed by atoms with Gasteiger partial charge in [-0.15, -0.1) is 0 Å². The number of aliphatic carboxylic acids is 1. The van der Waals surface area contributed by atoms with E-state index in [4.69, 9.17) is 5.11 Å². The van der Waals surface area contributed by atoms with E-state index in [-0.39, 0.29) is 11.9 Å². The molecule has 1 amide bonds. The van der Waals surface area contributed by atoms with E-state index >= 15 is 0 Å². The summed E-state index contributed by atoms with van der Waals surface area (Å²) in [4.78, 5) is 22.8. The lowest BCUT2D eigenvalue weighted by atomic mass is 9.84. The van der Waals surface area contributed by atoms with Crippen molar-refractivity contribution in [2.75, 3.05) is 13.1 Å². The van der Waals surface area contributed by atoms with Gasteiger partial charge < -0.3 is 15.7 Å². The monoisotopic (exact) mass is 254 g/mol. The molecule has 2 rings (SSSR count). The summed E-state index contributed by atoms with van der Waals surface area (Å²) in [6.07, 6.45) is 5.94. The number of rotatable bonds is 6. The Balaban J connectivity index is 1.71. The van der Waals surface area contributed by atoms with Gasteiger partial charge in [-0.05, 0) is 38.1 Å². The van der Waals surface area contributed by atoms with Crippen LogP contribution >= 0.6 is 0 Å². The third-order valence-electron chi connectivity index (χ3n) is 3.85. The minimum Gasteiger partial charge on any atom is -0.481 e. The average Bonchev–Trinajstić information content (AvgIpc) is 3.13. The highest BCUT2D eigenvalue weighted by atomic mass is 16.4. The Morgan fingerprint density at radius 3 is 2.50 bits per heavy atom. The van der Waals surface area contributed by atoms with Crippen LogP contribution in [0.25, 0.3) is 0 Å². The summed E-state index contributed by atoms with van der Waals surface area (Å²) in [5.41, 5.74) is 0. The van der Waals surface area contributed by atoms with Crippen LogP contribution in [0.1, 0.15) is 38.5 Å². The van der Waals surface area contributed by atoms with Gasteiger partial charge in [0.05, 0.1) is 12.5 Å². The molecule has 0 heterocycles. The molecule has 2 saturated carbocycles. The number of amides is 1. The van der Waals surface area contributed by atoms with Gasteiger partial charge in [0.25, 0.3) is 0 Å². The Hall–Kier alpha value is -1.10. The van der Waals surface area contributed by atoms with Crippen LogP contribution in [0, 0.1) is 11.8 Å². The second-order valence-corrected chi connectivity index (χ2v) is 5.48. The summed E-state index contributed by atoms with van der Waals surface area (Å²) < 4.78 is 0. The summed E-state index contributed by atoms with van der Waals surface area (Å²) in [5.74, 6) is -0.523. The molecule has 5 heteroatoms. The molecule has 3 N–H and O–H groups in total. The molecule has 0 aromatic heterocycles. The Morgan fingerprint density at radius 1 is 1.11 bits per heavy atom. The molecule has 2 aliphatic rings. The molecule has 2 fully saturated rings. The minimum atomic E-state index is -0.786. The maximum absolute atomic E-state index is 11.7. The molecule has 18 heavy (non-hydrogen) atoms. The van der Waals surface area contributed by atoms with E-state index in [2.05, 4.69) is 10.6 Å². The topological polar surface area (TPSA) is 78.4 Å². The fraction of sp³-hybridized carbons (Fsp3) is 0.846. The van der Waals surface area contributed by atoms with E-state index in [9.17, 15) is 9.59 Å². The number of hydrogen-bond acceptors (Lipinski definition) is 3. The number of hydrogen-bond donors (Lipinski definition) is 3. The van der Waals surface area contributed by atoms with E-state index in [1.54, 1.807) is 0 Å². The molecule has 2 aliphatic carbocycles. The summed E-state index contributed by atoms with van der Waals surface area (Å²) in [7, 11) is 0. The molecule has 0 aromatic carbocycles. The van der Waals surface area contributed by atoms with Crippen molar-refractivity contribution in [1.82, 2.24) is 10.6 Å². The van der Waals surface area contributed by atoms with E-state index in [1.807, 2.05) is 0 Å². The fourth-order valence-electron chi connectivity index (χ4n) is 2.57. The van der Waals surface area contributed by atoms with E-state index < -0.39 is 11.9 Å². The number of carboxylic acid groups (broad SMARTS) is 1. The minimum absolute atomic E-state index is 0.0752. The first kappa shape index (κ1) is 13.3. The Kier molecular flexibility index (Phi) is 4.58. The molecule has 102 valence electrons. The van der Waals surface area contributed by atoms with Gasteiger partial charge in [0.1, 0.15) is 0 Å². The SMILES string of the molecule is O=C(CNCC1CC1)NC1CCCCC1C(=O)O. The van der Waals surface area contributed by atoms with E-state index in [0.29, 0.717) is 13.0 Å². The Morgan fingerprint density at radius 2 is 1.83 bits per heavy atom. The second kappa shape index (κ2) is 6.18. The smallest absolute Gasteiger partial charge is 0.308 e. The molecule has 0 aromatic rings. The van der Waals surface area contributed by atoms with Crippen molar-refractivity contribution in [1.29, 1.82) is 0 Å². The summed E-state index contributed by atoms with van der Waals surface area (Å²) in [5, 5.41) is 15.1. The number of carboxylic acids is 1. The largest absolute Gasteiger partial charge is 0.481 e. The van der Waals surface area contributed by atoms with Gasteiger partial charge in [0.15, 0.2) is 0 Å². The Labute approximate surface area is 107 Å². The van der Waals surface area contributed by atoms with Gasteiger partial charge in [0, 0.05) is 6.04 Å². The predicted molar refractivity (Wildman–Crippen MR) is 67.1 cm³/mol. The van der Waals surface area contributed by atoms with Crippen LogP contribution in [-0.4, -0.2) is 36.1 Å². The summed E-state index contributed by atoms with van der Waals surface area (Å²) in [6, 6.07) is -0.188. The van der Waals surface area contributed by atoms with Gasteiger partial charge in [-0.25, -0.2) is 0 Å². The van der Waals surface area contributed by atoms with Crippen LogP contribution < -0.4 is 10.6 Å². The number of carbonyl (C=O) groups excluding carboxylic acids is 1. The third-order valence-corrected chi connectivity index (χ3v) is 3.85. The quantitative estimate of drug-likeness (QED) is 0.653. The lowest BCUT2D eigenvalue weighted by molar-refractivity contribution is -0.144. The average molecular weight is 254 g/mol. The van der Waals surface area contributed by atoms with E-state index in [1.165, 1.54) is 12.8 Å². The highest BCUT2D eigenvalue weighted by Gasteiger charge is 2.31. The van der Waals surface area contributed by atoms with Crippen molar-refractivity contribution in [2.45, 2.75) is 44.6 Å². The number of nitrogens with one attached hydrogen (secondary N) is 2. The fourth-order valence-corrected chi connectivity index (χ4v) is 2.57. The van der Waals surface area contributed by atoms with Crippen molar-refractivity contribution in [2.24, 2.45) is 11.8 Å². The second-order valence-electron chi connectivity index (χ2n) is 5.48. The van der Waals surface area contributed by atoms with Gasteiger partial charge in [-0.2, -0.15) is 0 Å². The van der Waals surface area contributed by atoms with Crippen LogP contribution in [0.15, 0.2) is 0 Å². The predicted octanol–water partition coefficient (Wildman–Crippen LogP) is 0.746. The molecule has 0 saturated heterocycles. The van der Waals surface area contributed by atoms with E-state index in [0.717, 1.165) is 31.7 Å². The normalized spacial score (nSPS) is 27.8. The zero-order valence-electron chi connectivity index (χ0n) is 10.7. The maximum Gasteiger partial charge on any atom is 0.308 e. The molecule has 0 aliphatic heterocycles. The standard InChI is InChI=1S/C13H22N2O3/c16-12(8-14-7-9-5-6-9)15-11-4-2-1-3-10(11)13(17)18/h9-11,14H,1-8H2,(H,15,16)(H,17,18). The highest BCUT2D eigenvalue weighted by Crippen LogP contribution is 2.27. The van der Waals surface area contributed by atoms with Gasteiger partial charge in [-0.1, -0.05) is 12.8 Å². The van der Waals surface area contributed by atoms with Crippen molar-refractivity contribution in [3.63, 3.8) is 0 Å². The molecular formula is C13H22N2O3. The summed E-state index contributed by atoms with van der Waals surface area (Å²) in [6.45, 7) is 1.21. The van der Waals surface area contributed by atoms with Crippen LogP contribution in [0.2, 0.25) is 0 Å². The molecule has 0 spiro atoms. The third kappa shape index (κ3) is 3.98. The van der Waals surface area contributed by atoms with Gasteiger partial charge in [0.2, 0.25) is 5.91 Å². The highest BCUT2D eigenvalue weighted by molar-refractivity contribution is 5.79. The molecule has 0 radical (unpaired) electrons. The van der Waals surface area contributed by atoms with Gasteiger partial charge in [-0.3, -0.25) is 9.59 Å². The van der Waals surface area contributed by atoms with Crippen molar-refractivity contribution in [3.8, 4) is 0 Å². The first-order chi connectivity index (χ1) is 8.66. The zero-order chi connectivity index (χ0) is 13.0. The van der Waals surface area contributed by atoms with Crippen molar-refractivity contribution in [3.05, 3.63) is 0 Å².